The number of hydrogen-bond acceptors (Lipinski definition) is 5. The third-order valence-corrected chi connectivity index (χ3v) is 4.75. The number of benzene rings is 1. The number of rotatable bonds is 6. The summed E-state index contributed by atoms with van der Waals surface area (Å²) in [4.78, 5) is 23.3. The average Bonchev–Trinajstić information content (AvgIpc) is 2.69. The molecule has 7 heteroatoms. The first-order valence-electron chi connectivity index (χ1n) is 8.86. The minimum absolute atomic E-state index is 0.0387. The predicted octanol–water partition coefficient (Wildman–Crippen LogP) is 2.88. The number of nitrogens with two attached hydrogens (primary N) is 1. The van der Waals surface area contributed by atoms with Gasteiger partial charge >= 0.3 is 0 Å². The summed E-state index contributed by atoms with van der Waals surface area (Å²) in [5.74, 6) is 0.702. The zero-order chi connectivity index (χ0) is 18.4. The molecule has 1 aromatic heterocycles. The smallest absolute Gasteiger partial charge is 0.257 e. The maximum atomic E-state index is 13.1. The highest BCUT2D eigenvalue weighted by Gasteiger charge is 2.27. The van der Waals surface area contributed by atoms with Crippen LogP contribution in [0.25, 0.3) is 0 Å². The monoisotopic (exact) mass is 374 g/mol. The van der Waals surface area contributed by atoms with Crippen LogP contribution in [-0.2, 0) is 0 Å². The predicted molar refractivity (Wildman–Crippen MR) is 101 cm³/mol. The summed E-state index contributed by atoms with van der Waals surface area (Å²) in [7, 11) is 0. The van der Waals surface area contributed by atoms with Gasteiger partial charge in [0.25, 0.3) is 5.91 Å². The Kier molecular flexibility index (Phi) is 6.41. The standard InChI is InChI=1S/C19H23ClN4O2/c20-15-4-5-16(18(11-15)26-10-2-7-21)19(25)24-9-1-3-14(12-24)17-6-8-22-13-23-17/h4-6,8,11,13-14H,1-3,7,9-10,12,21H2. The molecule has 2 N–H and O–H groups in total. The zero-order valence-corrected chi connectivity index (χ0v) is 15.4. The van der Waals surface area contributed by atoms with Crippen molar-refractivity contribution < 1.29 is 9.53 Å². The highest BCUT2D eigenvalue weighted by atomic mass is 35.5. The molecule has 1 saturated heterocycles. The van der Waals surface area contributed by atoms with Crippen LogP contribution in [0.5, 0.6) is 5.75 Å². The molecule has 0 aliphatic carbocycles. The van der Waals surface area contributed by atoms with Crippen LogP contribution in [0.4, 0.5) is 0 Å². The van der Waals surface area contributed by atoms with E-state index >= 15 is 0 Å². The highest BCUT2D eigenvalue weighted by Crippen LogP contribution is 2.29. The van der Waals surface area contributed by atoms with Crippen molar-refractivity contribution in [3.63, 3.8) is 0 Å². The molecule has 0 saturated carbocycles. The van der Waals surface area contributed by atoms with Crippen LogP contribution in [0.3, 0.4) is 0 Å². The van der Waals surface area contributed by atoms with Crippen molar-refractivity contribution in [2.75, 3.05) is 26.2 Å². The Morgan fingerprint density at radius 2 is 2.27 bits per heavy atom. The number of ether oxygens (including phenoxy) is 1. The third kappa shape index (κ3) is 4.51. The molecule has 1 aromatic carbocycles. The topological polar surface area (TPSA) is 81.3 Å². The van der Waals surface area contributed by atoms with Crippen molar-refractivity contribution in [3.05, 3.63) is 53.1 Å². The van der Waals surface area contributed by atoms with Gasteiger partial charge in [0, 0.05) is 35.9 Å². The Balaban J connectivity index is 1.76. The summed E-state index contributed by atoms with van der Waals surface area (Å²) in [6.45, 7) is 2.36. The Morgan fingerprint density at radius 1 is 1.38 bits per heavy atom. The molecule has 1 fully saturated rings. The molecule has 26 heavy (non-hydrogen) atoms. The zero-order valence-electron chi connectivity index (χ0n) is 14.6. The number of likely N-dealkylation sites (tertiary alicyclic amines) is 1. The second-order valence-corrected chi connectivity index (χ2v) is 6.79. The summed E-state index contributed by atoms with van der Waals surface area (Å²) in [6.07, 6.45) is 5.97. The second-order valence-electron chi connectivity index (χ2n) is 6.36. The fourth-order valence-corrected chi connectivity index (χ4v) is 3.34. The van der Waals surface area contributed by atoms with Crippen molar-refractivity contribution in [1.29, 1.82) is 0 Å². The van der Waals surface area contributed by atoms with Gasteiger partial charge in [-0.05, 0) is 50.1 Å². The first-order valence-corrected chi connectivity index (χ1v) is 9.24. The number of carbonyl (C=O) groups excluding carboxylic acids is 1. The molecule has 0 radical (unpaired) electrons. The quantitative estimate of drug-likeness (QED) is 0.786. The summed E-state index contributed by atoms with van der Waals surface area (Å²) in [5, 5.41) is 0.543. The average molecular weight is 375 g/mol. The van der Waals surface area contributed by atoms with Crippen LogP contribution >= 0.6 is 11.6 Å². The largest absolute Gasteiger partial charge is 0.493 e. The second kappa shape index (κ2) is 8.96. The van der Waals surface area contributed by atoms with Gasteiger partial charge in [-0.2, -0.15) is 0 Å². The number of piperidine rings is 1. The van der Waals surface area contributed by atoms with Crippen LogP contribution < -0.4 is 10.5 Å². The summed E-state index contributed by atoms with van der Waals surface area (Å²) >= 11 is 6.08. The Bertz CT molecular complexity index is 742. The van der Waals surface area contributed by atoms with Crippen LogP contribution in [-0.4, -0.2) is 47.0 Å². The SMILES string of the molecule is NCCCOc1cc(Cl)ccc1C(=O)N1CCCC(c2ccncn2)C1. The van der Waals surface area contributed by atoms with Gasteiger partial charge in [-0.15, -0.1) is 0 Å². The van der Waals surface area contributed by atoms with Gasteiger partial charge in [-0.1, -0.05) is 11.6 Å². The van der Waals surface area contributed by atoms with Crippen LogP contribution in [0.2, 0.25) is 5.02 Å². The maximum absolute atomic E-state index is 13.1. The minimum Gasteiger partial charge on any atom is -0.493 e. The molecule has 0 spiro atoms. The van der Waals surface area contributed by atoms with E-state index in [9.17, 15) is 4.79 Å². The molecule has 1 aliphatic rings. The molecule has 1 atom stereocenters. The van der Waals surface area contributed by atoms with Crippen molar-refractivity contribution >= 4 is 17.5 Å². The van der Waals surface area contributed by atoms with E-state index in [1.54, 1.807) is 30.7 Å². The molecule has 2 aromatic rings. The van der Waals surface area contributed by atoms with E-state index in [1.807, 2.05) is 11.0 Å². The molecular formula is C19H23ClN4O2. The van der Waals surface area contributed by atoms with Gasteiger partial charge in [0.2, 0.25) is 0 Å². The van der Waals surface area contributed by atoms with Crippen molar-refractivity contribution in [3.8, 4) is 5.75 Å². The van der Waals surface area contributed by atoms with Crippen molar-refractivity contribution in [2.45, 2.75) is 25.2 Å². The molecule has 1 aliphatic heterocycles. The fourth-order valence-electron chi connectivity index (χ4n) is 3.17. The lowest BCUT2D eigenvalue weighted by Gasteiger charge is -2.32. The first kappa shape index (κ1) is 18.6. The van der Waals surface area contributed by atoms with E-state index < -0.39 is 0 Å². The maximum Gasteiger partial charge on any atom is 0.257 e. The highest BCUT2D eigenvalue weighted by molar-refractivity contribution is 6.30. The number of carbonyl (C=O) groups is 1. The molecule has 1 unspecified atom stereocenters. The number of hydrogen-bond donors (Lipinski definition) is 1. The fraction of sp³-hybridized carbons (Fsp3) is 0.421. The normalized spacial score (nSPS) is 17.2. The van der Waals surface area contributed by atoms with Gasteiger partial charge in [-0.3, -0.25) is 4.79 Å². The Morgan fingerprint density at radius 3 is 3.04 bits per heavy atom. The molecule has 2 heterocycles. The van der Waals surface area contributed by atoms with Gasteiger partial charge in [0.05, 0.1) is 12.2 Å². The molecule has 6 nitrogen and oxygen atoms in total. The van der Waals surface area contributed by atoms with Crippen LogP contribution in [0.15, 0.2) is 36.8 Å². The van der Waals surface area contributed by atoms with Gasteiger partial charge in [0.15, 0.2) is 0 Å². The summed E-state index contributed by atoms with van der Waals surface area (Å²) < 4.78 is 5.75. The summed E-state index contributed by atoms with van der Waals surface area (Å²) in [5.41, 5.74) is 7.03. The molecule has 1 amide bonds. The van der Waals surface area contributed by atoms with E-state index in [2.05, 4.69) is 9.97 Å². The van der Waals surface area contributed by atoms with E-state index in [1.165, 1.54) is 0 Å². The molecule has 0 bridgehead atoms. The Hall–Kier alpha value is -2.18. The number of aromatic nitrogens is 2. The summed E-state index contributed by atoms with van der Waals surface area (Å²) in [6, 6.07) is 7.06. The van der Waals surface area contributed by atoms with Gasteiger partial charge < -0.3 is 15.4 Å². The van der Waals surface area contributed by atoms with E-state index in [0.29, 0.717) is 36.0 Å². The number of nitrogens with zero attached hydrogens (tertiary/aromatic N) is 3. The van der Waals surface area contributed by atoms with E-state index in [4.69, 9.17) is 22.1 Å². The first-order chi connectivity index (χ1) is 12.7. The van der Waals surface area contributed by atoms with E-state index in [-0.39, 0.29) is 11.8 Å². The minimum atomic E-state index is -0.0387. The molecular weight excluding hydrogens is 352 g/mol. The van der Waals surface area contributed by atoms with Gasteiger partial charge in [-0.25, -0.2) is 9.97 Å². The lowest BCUT2D eigenvalue weighted by molar-refractivity contribution is 0.0701. The van der Waals surface area contributed by atoms with Crippen LogP contribution in [0.1, 0.15) is 41.2 Å². The molecule has 138 valence electrons. The lowest BCUT2D eigenvalue weighted by Crippen LogP contribution is -2.39. The number of amides is 1. The third-order valence-electron chi connectivity index (χ3n) is 4.51. The Labute approximate surface area is 158 Å². The van der Waals surface area contributed by atoms with E-state index in [0.717, 1.165) is 31.5 Å². The van der Waals surface area contributed by atoms with Gasteiger partial charge in [0.1, 0.15) is 12.1 Å². The van der Waals surface area contributed by atoms with Crippen molar-refractivity contribution in [2.24, 2.45) is 5.73 Å². The van der Waals surface area contributed by atoms with Crippen molar-refractivity contribution in [1.82, 2.24) is 14.9 Å². The van der Waals surface area contributed by atoms with Crippen LogP contribution in [0, 0.1) is 0 Å². The molecule has 3 rings (SSSR count). The lowest BCUT2D eigenvalue weighted by atomic mass is 9.94. The number of halogens is 1.